The molecule has 0 saturated carbocycles. The van der Waals surface area contributed by atoms with Crippen molar-refractivity contribution in [2.75, 3.05) is 5.32 Å². The van der Waals surface area contributed by atoms with Crippen LogP contribution >= 0.6 is 23.3 Å². The number of thioether (sulfide) groups is 1. The second-order valence-electron chi connectivity index (χ2n) is 3.07. The van der Waals surface area contributed by atoms with Crippen LogP contribution in [0, 0.1) is 0 Å². The van der Waals surface area contributed by atoms with Gasteiger partial charge in [-0.1, -0.05) is 16.3 Å². The zero-order chi connectivity index (χ0) is 12.1. The number of nitrogens with one attached hydrogen (secondary N) is 1. The minimum atomic E-state index is -2.37. The summed E-state index contributed by atoms with van der Waals surface area (Å²) in [6, 6.07) is 3.47. The molecule has 0 aliphatic carbocycles. The van der Waals surface area contributed by atoms with E-state index >= 15 is 0 Å². The molecule has 92 valence electrons. The van der Waals surface area contributed by atoms with E-state index in [1.165, 1.54) is 11.5 Å². The van der Waals surface area contributed by atoms with Crippen molar-refractivity contribution in [2.24, 2.45) is 0 Å². The highest BCUT2D eigenvalue weighted by Crippen LogP contribution is 2.21. The third-order valence-corrected chi connectivity index (χ3v) is 3.19. The molecule has 0 radical (unpaired) electrons. The molecule has 2 heterocycles. The van der Waals surface area contributed by atoms with E-state index in [0.717, 1.165) is 5.00 Å². The van der Waals surface area contributed by atoms with Gasteiger partial charge in [0.25, 0.3) is 5.76 Å². The van der Waals surface area contributed by atoms with Gasteiger partial charge in [0.05, 0.1) is 18.5 Å². The Balaban J connectivity index is 1.81. The molecule has 0 aliphatic heterocycles. The molecule has 0 aliphatic rings. The molecule has 4 nitrogen and oxygen atoms in total. The Morgan fingerprint density at radius 3 is 2.94 bits per heavy atom. The molecular formula is C9H9F2N3OS2. The molecule has 1 N–H and O–H groups in total. The first-order valence-corrected chi connectivity index (χ1v) is 6.55. The fraction of sp³-hybridized carbons (Fsp3) is 0.333. The van der Waals surface area contributed by atoms with Gasteiger partial charge in [0.2, 0.25) is 0 Å². The Bertz CT molecular complexity index is 447. The molecule has 0 aromatic carbocycles. The van der Waals surface area contributed by atoms with Gasteiger partial charge in [0.15, 0.2) is 0 Å². The lowest BCUT2D eigenvalue weighted by molar-refractivity contribution is 0.251. The van der Waals surface area contributed by atoms with Crippen LogP contribution in [0.1, 0.15) is 11.5 Å². The van der Waals surface area contributed by atoms with E-state index in [2.05, 4.69) is 14.9 Å². The van der Waals surface area contributed by atoms with Crippen molar-refractivity contribution in [3.05, 3.63) is 29.9 Å². The Morgan fingerprint density at radius 2 is 2.24 bits per heavy atom. The predicted octanol–water partition coefficient (Wildman–Crippen LogP) is 3.20. The first-order chi connectivity index (χ1) is 8.24. The minimum Gasteiger partial charge on any atom is -0.463 e. The van der Waals surface area contributed by atoms with E-state index in [9.17, 15) is 8.78 Å². The molecular weight excluding hydrogens is 268 g/mol. The van der Waals surface area contributed by atoms with Crippen LogP contribution < -0.4 is 5.32 Å². The predicted molar refractivity (Wildman–Crippen MR) is 63.2 cm³/mol. The molecule has 0 amide bonds. The number of nitrogens with zero attached hydrogens (tertiary/aromatic N) is 2. The van der Waals surface area contributed by atoms with Crippen molar-refractivity contribution in [3.8, 4) is 0 Å². The Hall–Kier alpha value is -1.15. The summed E-state index contributed by atoms with van der Waals surface area (Å²) < 4.78 is 33.0. The summed E-state index contributed by atoms with van der Waals surface area (Å²) in [5, 5.41) is 7.58. The van der Waals surface area contributed by atoms with Crippen LogP contribution in [-0.4, -0.2) is 15.3 Å². The highest BCUT2D eigenvalue weighted by Gasteiger charge is 2.07. The summed E-state index contributed by atoms with van der Waals surface area (Å²) in [6.07, 6.45) is 1.61. The highest BCUT2D eigenvalue weighted by atomic mass is 32.2. The van der Waals surface area contributed by atoms with E-state index in [4.69, 9.17) is 4.42 Å². The van der Waals surface area contributed by atoms with Gasteiger partial charge >= 0.3 is 0 Å². The van der Waals surface area contributed by atoms with Gasteiger partial charge in [-0.25, -0.2) is 0 Å². The summed E-state index contributed by atoms with van der Waals surface area (Å²) in [7, 11) is 0. The van der Waals surface area contributed by atoms with E-state index < -0.39 is 5.76 Å². The number of halogens is 2. The van der Waals surface area contributed by atoms with Crippen molar-refractivity contribution in [3.63, 3.8) is 0 Å². The van der Waals surface area contributed by atoms with Crippen LogP contribution in [0.25, 0.3) is 0 Å². The van der Waals surface area contributed by atoms with Crippen molar-refractivity contribution < 1.29 is 13.2 Å². The number of hydrogen-bond acceptors (Lipinski definition) is 6. The lowest BCUT2D eigenvalue weighted by Crippen LogP contribution is -1.95. The topological polar surface area (TPSA) is 51.0 Å². The standard InChI is InChI=1S/C9H9F2N3OS2/c10-9(11)16-5-7-2-1-6(15-7)3-12-8-4-13-14-17-8/h1-2,4,9,12H,3,5H2. The number of anilines is 1. The Labute approximate surface area is 105 Å². The fourth-order valence-corrected chi connectivity index (χ4v) is 2.02. The van der Waals surface area contributed by atoms with Gasteiger partial charge in [-0.3, -0.25) is 0 Å². The lowest BCUT2D eigenvalue weighted by atomic mass is 10.4. The van der Waals surface area contributed by atoms with Gasteiger partial charge in [0, 0.05) is 11.5 Å². The molecule has 0 bridgehead atoms. The van der Waals surface area contributed by atoms with Crippen LogP contribution in [0.15, 0.2) is 22.7 Å². The van der Waals surface area contributed by atoms with Crippen LogP contribution in [0.5, 0.6) is 0 Å². The number of hydrogen-bond donors (Lipinski definition) is 1. The van der Waals surface area contributed by atoms with Gasteiger partial charge in [-0.15, -0.1) is 5.10 Å². The zero-order valence-corrected chi connectivity index (χ0v) is 10.2. The van der Waals surface area contributed by atoms with E-state index in [-0.39, 0.29) is 5.75 Å². The van der Waals surface area contributed by atoms with Crippen molar-refractivity contribution in [1.82, 2.24) is 9.59 Å². The molecule has 0 spiro atoms. The zero-order valence-electron chi connectivity index (χ0n) is 8.60. The maximum Gasteiger partial charge on any atom is 0.284 e. The summed E-state index contributed by atoms with van der Waals surface area (Å²) in [5.41, 5.74) is 0. The van der Waals surface area contributed by atoms with Crippen LogP contribution in [0.3, 0.4) is 0 Å². The van der Waals surface area contributed by atoms with Gasteiger partial charge in [-0.05, 0) is 12.1 Å². The lowest BCUT2D eigenvalue weighted by Gasteiger charge is -1.99. The molecule has 2 aromatic heterocycles. The van der Waals surface area contributed by atoms with Crippen LogP contribution in [0.4, 0.5) is 13.8 Å². The Kier molecular flexibility index (Phi) is 4.32. The smallest absolute Gasteiger partial charge is 0.284 e. The molecule has 0 saturated heterocycles. The molecule has 8 heteroatoms. The minimum absolute atomic E-state index is 0.180. The summed E-state index contributed by atoms with van der Waals surface area (Å²) in [4.78, 5) is 0. The van der Waals surface area contributed by atoms with Crippen molar-refractivity contribution >= 4 is 28.3 Å². The summed E-state index contributed by atoms with van der Waals surface area (Å²) >= 11 is 1.79. The van der Waals surface area contributed by atoms with Crippen LogP contribution in [-0.2, 0) is 12.3 Å². The van der Waals surface area contributed by atoms with E-state index in [0.29, 0.717) is 29.8 Å². The number of furan rings is 1. The first-order valence-electron chi connectivity index (χ1n) is 4.72. The molecule has 2 aromatic rings. The van der Waals surface area contributed by atoms with Gasteiger partial charge in [-0.2, -0.15) is 8.78 Å². The monoisotopic (exact) mass is 277 g/mol. The fourth-order valence-electron chi connectivity index (χ4n) is 1.16. The van der Waals surface area contributed by atoms with Crippen LogP contribution in [0.2, 0.25) is 0 Å². The van der Waals surface area contributed by atoms with Crippen molar-refractivity contribution in [1.29, 1.82) is 0 Å². The number of rotatable bonds is 6. The first kappa shape index (κ1) is 12.3. The average molecular weight is 277 g/mol. The van der Waals surface area contributed by atoms with Crippen molar-refractivity contribution in [2.45, 2.75) is 18.1 Å². The Morgan fingerprint density at radius 1 is 1.41 bits per heavy atom. The SMILES string of the molecule is FC(F)SCc1ccc(CNc2cnns2)o1. The second kappa shape index (κ2) is 5.97. The largest absolute Gasteiger partial charge is 0.463 e. The normalized spacial score (nSPS) is 11.0. The average Bonchev–Trinajstić information content (AvgIpc) is 2.95. The second-order valence-corrected chi connectivity index (χ2v) is 4.84. The van der Waals surface area contributed by atoms with Gasteiger partial charge < -0.3 is 9.73 Å². The maximum absolute atomic E-state index is 12.0. The summed E-state index contributed by atoms with van der Waals surface area (Å²) in [6.45, 7) is 0.489. The quantitative estimate of drug-likeness (QED) is 0.878. The van der Waals surface area contributed by atoms with Gasteiger partial charge in [0.1, 0.15) is 16.5 Å². The number of aromatic nitrogens is 2. The summed E-state index contributed by atoms with van der Waals surface area (Å²) in [5.74, 6) is -0.942. The molecule has 2 rings (SSSR count). The molecule has 0 fully saturated rings. The maximum atomic E-state index is 12.0. The highest BCUT2D eigenvalue weighted by molar-refractivity contribution is 7.98. The molecule has 0 unspecified atom stereocenters. The molecule has 17 heavy (non-hydrogen) atoms. The third-order valence-electron chi connectivity index (χ3n) is 1.87. The number of alkyl halides is 2. The third kappa shape index (κ3) is 3.97. The molecule has 0 atom stereocenters. The van der Waals surface area contributed by atoms with E-state index in [1.54, 1.807) is 18.3 Å². The van der Waals surface area contributed by atoms with E-state index in [1.807, 2.05) is 0 Å².